The van der Waals surface area contributed by atoms with Gasteiger partial charge in [0.15, 0.2) is 23.3 Å². The molecule has 0 N–H and O–H groups in total. The standard InChI is InChI=1S/C27H20F10O2/c1-2-4-12-7-8-18(38-11-12)13-9-16(29)20(17(30)10-13)27(36,37)39-26-24(34)22(32)19(23(33)25(26)35)14-5-3-6-15(28)21(14)31/h3,5-6,9-10,12,18H,2,4,7-8,11H2,1H3. The van der Waals surface area contributed by atoms with Gasteiger partial charge in [-0.1, -0.05) is 25.5 Å². The Hall–Kier alpha value is -3.28. The zero-order valence-electron chi connectivity index (χ0n) is 20.2. The number of alkyl halides is 2. The molecule has 1 heterocycles. The highest BCUT2D eigenvalue weighted by atomic mass is 19.3. The number of halogens is 10. The van der Waals surface area contributed by atoms with Gasteiger partial charge in [0.1, 0.15) is 17.2 Å². The summed E-state index contributed by atoms with van der Waals surface area (Å²) < 4.78 is 154. The number of hydrogen-bond donors (Lipinski definition) is 0. The van der Waals surface area contributed by atoms with E-state index in [1.807, 2.05) is 6.92 Å². The van der Waals surface area contributed by atoms with Crippen molar-refractivity contribution in [1.29, 1.82) is 0 Å². The zero-order valence-corrected chi connectivity index (χ0v) is 20.2. The molecule has 2 atom stereocenters. The molecule has 0 bridgehead atoms. The van der Waals surface area contributed by atoms with Crippen LogP contribution in [-0.2, 0) is 10.8 Å². The van der Waals surface area contributed by atoms with E-state index in [1.54, 1.807) is 0 Å². The number of ether oxygens (including phenoxy) is 2. The fraction of sp³-hybridized carbons (Fsp3) is 0.333. The van der Waals surface area contributed by atoms with Crippen molar-refractivity contribution in [3.05, 3.63) is 88.0 Å². The number of benzene rings is 3. The first-order chi connectivity index (χ1) is 18.4. The van der Waals surface area contributed by atoms with Gasteiger partial charge in [0.2, 0.25) is 17.4 Å². The van der Waals surface area contributed by atoms with Crippen molar-refractivity contribution in [2.24, 2.45) is 5.92 Å². The molecule has 0 saturated carbocycles. The lowest BCUT2D eigenvalue weighted by molar-refractivity contribution is -0.192. The van der Waals surface area contributed by atoms with Crippen LogP contribution in [0.15, 0.2) is 30.3 Å². The smallest absolute Gasteiger partial charge is 0.422 e. The van der Waals surface area contributed by atoms with Crippen molar-refractivity contribution in [2.75, 3.05) is 6.61 Å². The van der Waals surface area contributed by atoms with E-state index in [4.69, 9.17) is 4.74 Å². The predicted molar refractivity (Wildman–Crippen MR) is 119 cm³/mol. The van der Waals surface area contributed by atoms with Crippen LogP contribution >= 0.6 is 0 Å². The molecule has 39 heavy (non-hydrogen) atoms. The highest BCUT2D eigenvalue weighted by Crippen LogP contribution is 2.43. The minimum atomic E-state index is -5.17. The van der Waals surface area contributed by atoms with E-state index in [-0.39, 0.29) is 11.5 Å². The van der Waals surface area contributed by atoms with Gasteiger partial charge >= 0.3 is 6.11 Å². The Morgan fingerprint density at radius 2 is 1.44 bits per heavy atom. The Balaban J connectivity index is 1.67. The third kappa shape index (κ3) is 5.43. The molecule has 1 aliphatic rings. The topological polar surface area (TPSA) is 18.5 Å². The van der Waals surface area contributed by atoms with Crippen LogP contribution in [0.2, 0.25) is 0 Å². The van der Waals surface area contributed by atoms with Crippen molar-refractivity contribution in [2.45, 2.75) is 44.8 Å². The van der Waals surface area contributed by atoms with E-state index in [0.29, 0.717) is 43.7 Å². The summed E-state index contributed by atoms with van der Waals surface area (Å²) in [6.07, 6.45) is -3.13. The van der Waals surface area contributed by atoms with Gasteiger partial charge in [-0.25, -0.2) is 26.3 Å². The predicted octanol–water partition coefficient (Wildman–Crippen LogP) is 8.86. The minimum absolute atomic E-state index is 0.101. The van der Waals surface area contributed by atoms with E-state index < -0.39 is 81.2 Å². The van der Waals surface area contributed by atoms with Crippen molar-refractivity contribution in [3.8, 4) is 16.9 Å². The average Bonchev–Trinajstić information content (AvgIpc) is 2.88. The summed E-state index contributed by atoms with van der Waals surface area (Å²) in [5.41, 5.74) is -5.17. The SMILES string of the molecule is CCCC1CCC(c2cc(F)c(C(F)(F)Oc3c(F)c(F)c(-c4cccc(F)c4F)c(F)c3F)c(F)c2)OC1. The molecule has 2 unspecified atom stereocenters. The molecule has 1 saturated heterocycles. The maximum Gasteiger partial charge on any atom is 0.432 e. The van der Waals surface area contributed by atoms with Crippen LogP contribution in [-0.4, -0.2) is 6.61 Å². The molecular weight excluding hydrogens is 546 g/mol. The monoisotopic (exact) mass is 566 g/mol. The number of rotatable bonds is 7. The third-order valence-corrected chi connectivity index (χ3v) is 6.47. The van der Waals surface area contributed by atoms with Gasteiger partial charge in [-0.15, -0.1) is 0 Å². The van der Waals surface area contributed by atoms with Crippen LogP contribution in [0.25, 0.3) is 11.1 Å². The normalized spacial score (nSPS) is 17.9. The second kappa shape index (κ2) is 11.1. The largest absolute Gasteiger partial charge is 0.432 e. The third-order valence-electron chi connectivity index (χ3n) is 6.47. The fourth-order valence-electron chi connectivity index (χ4n) is 4.58. The van der Waals surface area contributed by atoms with Gasteiger partial charge in [-0.3, -0.25) is 0 Å². The number of hydrogen-bond acceptors (Lipinski definition) is 2. The van der Waals surface area contributed by atoms with Crippen molar-refractivity contribution < 1.29 is 53.4 Å². The lowest BCUT2D eigenvalue weighted by atomic mass is 9.91. The molecular formula is C27H20F10O2. The van der Waals surface area contributed by atoms with Crippen LogP contribution in [0, 0.1) is 52.5 Å². The first-order valence-electron chi connectivity index (χ1n) is 11.8. The minimum Gasteiger partial charge on any atom is -0.422 e. The van der Waals surface area contributed by atoms with Gasteiger partial charge in [0.25, 0.3) is 0 Å². The van der Waals surface area contributed by atoms with Crippen LogP contribution in [0.5, 0.6) is 5.75 Å². The Bertz CT molecular complexity index is 1330. The first-order valence-corrected chi connectivity index (χ1v) is 11.8. The van der Waals surface area contributed by atoms with Crippen LogP contribution in [0.4, 0.5) is 43.9 Å². The summed E-state index contributed by atoms with van der Waals surface area (Å²) in [4.78, 5) is 0. The second-order valence-electron chi connectivity index (χ2n) is 9.09. The van der Waals surface area contributed by atoms with Crippen LogP contribution in [0.3, 0.4) is 0 Å². The zero-order chi connectivity index (χ0) is 28.6. The Labute approximate surface area is 216 Å². The van der Waals surface area contributed by atoms with Crippen molar-refractivity contribution in [3.63, 3.8) is 0 Å². The van der Waals surface area contributed by atoms with Crippen LogP contribution in [0.1, 0.15) is 49.8 Å². The van der Waals surface area contributed by atoms with Crippen molar-refractivity contribution in [1.82, 2.24) is 0 Å². The molecule has 2 nitrogen and oxygen atoms in total. The van der Waals surface area contributed by atoms with E-state index in [0.717, 1.165) is 18.9 Å². The molecule has 4 rings (SSSR count). The van der Waals surface area contributed by atoms with Crippen molar-refractivity contribution >= 4 is 0 Å². The molecule has 1 aliphatic heterocycles. The van der Waals surface area contributed by atoms with Gasteiger partial charge in [0.05, 0.1) is 18.3 Å². The highest BCUT2D eigenvalue weighted by molar-refractivity contribution is 5.67. The summed E-state index contributed by atoms with van der Waals surface area (Å²) in [5.74, 6) is -19.3. The van der Waals surface area contributed by atoms with E-state index in [2.05, 4.69) is 4.74 Å². The highest BCUT2D eigenvalue weighted by Gasteiger charge is 2.44. The maximum atomic E-state index is 14.8. The molecule has 0 aromatic heterocycles. The summed E-state index contributed by atoms with van der Waals surface area (Å²) in [6, 6.07) is 3.00. The quantitative estimate of drug-likeness (QED) is 0.210. The summed E-state index contributed by atoms with van der Waals surface area (Å²) in [5, 5.41) is 0. The summed E-state index contributed by atoms with van der Waals surface area (Å²) in [7, 11) is 0. The Morgan fingerprint density at radius 1 is 0.821 bits per heavy atom. The molecule has 12 heteroatoms. The Morgan fingerprint density at radius 3 is 1.97 bits per heavy atom. The molecule has 0 aliphatic carbocycles. The average molecular weight is 566 g/mol. The molecule has 1 fully saturated rings. The summed E-state index contributed by atoms with van der Waals surface area (Å²) in [6.45, 7) is 2.28. The van der Waals surface area contributed by atoms with E-state index >= 15 is 0 Å². The summed E-state index contributed by atoms with van der Waals surface area (Å²) >= 11 is 0. The fourth-order valence-corrected chi connectivity index (χ4v) is 4.58. The lowest BCUT2D eigenvalue weighted by Gasteiger charge is -2.29. The van der Waals surface area contributed by atoms with Gasteiger partial charge in [-0.05, 0) is 48.9 Å². The lowest BCUT2D eigenvalue weighted by Crippen LogP contribution is -2.27. The van der Waals surface area contributed by atoms with E-state index in [9.17, 15) is 43.9 Å². The van der Waals surface area contributed by atoms with Gasteiger partial charge < -0.3 is 9.47 Å². The van der Waals surface area contributed by atoms with E-state index in [1.165, 1.54) is 0 Å². The molecule has 0 amide bonds. The molecule has 210 valence electrons. The van der Waals surface area contributed by atoms with Crippen LogP contribution < -0.4 is 4.74 Å². The molecule has 0 spiro atoms. The molecule has 0 radical (unpaired) electrons. The van der Waals surface area contributed by atoms with Gasteiger partial charge in [0, 0.05) is 5.56 Å². The molecule has 3 aromatic rings. The van der Waals surface area contributed by atoms with Gasteiger partial charge in [-0.2, -0.15) is 17.6 Å². The second-order valence-corrected chi connectivity index (χ2v) is 9.09. The first kappa shape index (κ1) is 28.7. The Kier molecular flexibility index (Phi) is 8.15. The maximum absolute atomic E-state index is 14.8. The molecule has 3 aromatic carbocycles.